The van der Waals surface area contributed by atoms with E-state index in [2.05, 4.69) is 5.32 Å². The minimum atomic E-state index is -3.06. The van der Waals surface area contributed by atoms with Gasteiger partial charge in [-0.2, -0.15) is 0 Å². The van der Waals surface area contributed by atoms with Gasteiger partial charge in [-0.25, -0.2) is 12.8 Å². The van der Waals surface area contributed by atoms with Crippen LogP contribution in [0.2, 0.25) is 0 Å². The molecule has 2 aliphatic heterocycles. The predicted octanol–water partition coefficient (Wildman–Crippen LogP) is 1.47. The lowest BCUT2D eigenvalue weighted by Crippen LogP contribution is -2.49. The van der Waals surface area contributed by atoms with Crippen molar-refractivity contribution in [3.05, 3.63) is 35.6 Å². The van der Waals surface area contributed by atoms with Gasteiger partial charge in [0.25, 0.3) is 0 Å². The van der Waals surface area contributed by atoms with Gasteiger partial charge in [-0.3, -0.25) is 4.79 Å². The van der Waals surface area contributed by atoms with Gasteiger partial charge in [0.1, 0.15) is 5.82 Å². The Morgan fingerprint density at radius 2 is 2.00 bits per heavy atom. The molecule has 2 aliphatic rings. The molecule has 5 nitrogen and oxygen atoms in total. The quantitative estimate of drug-likeness (QED) is 0.888. The van der Waals surface area contributed by atoms with Gasteiger partial charge in [0, 0.05) is 19.3 Å². The first-order chi connectivity index (χ1) is 11.4. The monoisotopic (exact) mass is 355 g/mol. The van der Waals surface area contributed by atoms with Crippen LogP contribution in [-0.2, 0) is 25.8 Å². The first-order valence-corrected chi connectivity index (χ1v) is 10.0. The summed E-state index contributed by atoms with van der Waals surface area (Å²) in [6.45, 7) is 0.898. The van der Waals surface area contributed by atoms with Crippen molar-refractivity contribution in [1.82, 2.24) is 5.32 Å². The van der Waals surface area contributed by atoms with Crippen LogP contribution in [0.1, 0.15) is 24.8 Å². The summed E-state index contributed by atoms with van der Waals surface area (Å²) in [4.78, 5) is 12.9. The van der Waals surface area contributed by atoms with Gasteiger partial charge in [0.2, 0.25) is 5.91 Å². The Labute approximate surface area is 141 Å². The molecular formula is C17H22FNO4S. The normalized spacial score (nSPS) is 25.3. The van der Waals surface area contributed by atoms with Crippen molar-refractivity contribution in [2.75, 3.05) is 24.7 Å². The molecule has 24 heavy (non-hydrogen) atoms. The van der Waals surface area contributed by atoms with E-state index in [1.165, 1.54) is 6.07 Å². The Morgan fingerprint density at radius 1 is 1.29 bits per heavy atom. The summed E-state index contributed by atoms with van der Waals surface area (Å²) in [7, 11) is -3.06. The summed E-state index contributed by atoms with van der Waals surface area (Å²) in [5.41, 5.74) is -0.235. The number of halogens is 1. The third-order valence-corrected chi connectivity index (χ3v) is 6.75. The highest BCUT2D eigenvalue weighted by molar-refractivity contribution is 7.91. The van der Waals surface area contributed by atoms with E-state index in [0.717, 1.165) is 0 Å². The number of nitrogens with one attached hydrogen (secondary N) is 1. The zero-order chi connectivity index (χ0) is 17.2. The first kappa shape index (κ1) is 17.4. The van der Waals surface area contributed by atoms with E-state index < -0.39 is 15.3 Å². The second-order valence-electron chi connectivity index (χ2n) is 6.73. The average Bonchev–Trinajstić information content (AvgIpc) is 2.89. The molecule has 2 fully saturated rings. The fraction of sp³-hybridized carbons (Fsp3) is 0.588. The first-order valence-electron chi connectivity index (χ1n) is 8.23. The maximum Gasteiger partial charge on any atom is 0.226 e. The second-order valence-corrected chi connectivity index (χ2v) is 8.96. The van der Waals surface area contributed by atoms with Crippen molar-refractivity contribution in [3.8, 4) is 0 Å². The molecule has 1 N–H and O–H groups in total. The van der Waals surface area contributed by atoms with Crippen molar-refractivity contribution in [2.24, 2.45) is 5.41 Å². The Hall–Kier alpha value is -1.47. The van der Waals surface area contributed by atoms with Crippen LogP contribution in [0.5, 0.6) is 0 Å². The van der Waals surface area contributed by atoms with E-state index in [-0.39, 0.29) is 29.3 Å². The van der Waals surface area contributed by atoms with E-state index in [0.29, 0.717) is 44.5 Å². The third kappa shape index (κ3) is 3.78. The minimum absolute atomic E-state index is 0.00891. The molecule has 1 amide bonds. The second kappa shape index (κ2) is 6.80. The van der Waals surface area contributed by atoms with Gasteiger partial charge < -0.3 is 10.1 Å². The Kier molecular flexibility index (Phi) is 4.92. The highest BCUT2D eigenvalue weighted by Gasteiger charge is 2.42. The lowest BCUT2D eigenvalue weighted by atomic mass is 9.74. The van der Waals surface area contributed by atoms with Gasteiger partial charge in [-0.15, -0.1) is 0 Å². The number of carbonyl (C=O) groups excluding carboxylic acids is 1. The number of rotatable bonds is 4. The molecule has 132 valence electrons. The van der Waals surface area contributed by atoms with Gasteiger partial charge in [0.15, 0.2) is 9.84 Å². The zero-order valence-corrected chi connectivity index (χ0v) is 14.3. The number of ether oxygens (including phenoxy) is 1. The van der Waals surface area contributed by atoms with Crippen LogP contribution in [0.4, 0.5) is 4.39 Å². The predicted molar refractivity (Wildman–Crippen MR) is 87.8 cm³/mol. The standard InChI is InChI=1S/C17H22FNO4S/c18-15-4-2-1-3-13(15)11-17(6-8-23-9-7-17)16(20)19-14-5-10-24(21,22)12-14/h1-4,14H,5-12H2,(H,19,20)/t14-/m1/s1. The SMILES string of the molecule is O=C(N[C@@H]1CCS(=O)(=O)C1)C1(Cc2ccccc2F)CCOCC1. The summed E-state index contributed by atoms with van der Waals surface area (Å²) < 4.78 is 42.6. The molecule has 0 aromatic heterocycles. The summed E-state index contributed by atoms with van der Waals surface area (Å²) in [5.74, 6) is -0.400. The highest BCUT2D eigenvalue weighted by Crippen LogP contribution is 2.36. The molecule has 7 heteroatoms. The number of amides is 1. The molecular weight excluding hydrogens is 333 g/mol. The van der Waals surface area contributed by atoms with E-state index in [9.17, 15) is 17.6 Å². The molecule has 2 saturated heterocycles. The number of carbonyl (C=O) groups is 1. The largest absolute Gasteiger partial charge is 0.381 e. The van der Waals surface area contributed by atoms with E-state index in [4.69, 9.17) is 4.74 Å². The average molecular weight is 355 g/mol. The van der Waals surface area contributed by atoms with Crippen molar-refractivity contribution in [1.29, 1.82) is 0 Å². The molecule has 1 atom stereocenters. The van der Waals surface area contributed by atoms with E-state index >= 15 is 0 Å². The molecule has 0 aliphatic carbocycles. The fourth-order valence-corrected chi connectivity index (χ4v) is 5.17. The molecule has 1 aromatic rings. The minimum Gasteiger partial charge on any atom is -0.381 e. The number of hydrogen-bond donors (Lipinski definition) is 1. The third-order valence-electron chi connectivity index (χ3n) is 4.99. The van der Waals surface area contributed by atoms with Crippen LogP contribution in [0.15, 0.2) is 24.3 Å². The smallest absolute Gasteiger partial charge is 0.226 e. The summed E-state index contributed by atoms with van der Waals surface area (Å²) in [5, 5.41) is 2.89. The zero-order valence-electron chi connectivity index (χ0n) is 13.5. The Bertz CT molecular complexity index is 713. The molecule has 3 rings (SSSR count). The van der Waals surface area contributed by atoms with Crippen LogP contribution in [0.3, 0.4) is 0 Å². The molecule has 1 aromatic carbocycles. The van der Waals surface area contributed by atoms with Crippen LogP contribution < -0.4 is 5.32 Å². The van der Waals surface area contributed by atoms with Gasteiger partial charge in [-0.05, 0) is 37.3 Å². The Balaban J connectivity index is 1.78. The Morgan fingerprint density at radius 3 is 2.62 bits per heavy atom. The van der Waals surface area contributed by atoms with Gasteiger partial charge in [0.05, 0.1) is 16.9 Å². The van der Waals surface area contributed by atoms with Crippen LogP contribution >= 0.6 is 0 Å². The number of sulfone groups is 1. The molecule has 2 heterocycles. The number of benzene rings is 1. The molecule has 0 radical (unpaired) electrons. The highest BCUT2D eigenvalue weighted by atomic mass is 32.2. The van der Waals surface area contributed by atoms with Gasteiger partial charge >= 0.3 is 0 Å². The maximum atomic E-state index is 14.0. The summed E-state index contributed by atoms with van der Waals surface area (Å²) >= 11 is 0. The molecule has 0 unspecified atom stereocenters. The maximum absolute atomic E-state index is 14.0. The molecule has 0 bridgehead atoms. The van der Waals surface area contributed by atoms with Crippen LogP contribution in [0.25, 0.3) is 0 Å². The lowest BCUT2D eigenvalue weighted by molar-refractivity contribution is -0.137. The summed E-state index contributed by atoms with van der Waals surface area (Å²) in [6.07, 6.45) is 1.76. The number of hydrogen-bond acceptors (Lipinski definition) is 4. The molecule has 0 saturated carbocycles. The van der Waals surface area contributed by atoms with Crippen molar-refractivity contribution < 1.29 is 22.3 Å². The van der Waals surface area contributed by atoms with Gasteiger partial charge in [-0.1, -0.05) is 18.2 Å². The van der Waals surface area contributed by atoms with Crippen molar-refractivity contribution in [3.63, 3.8) is 0 Å². The summed E-state index contributed by atoms with van der Waals surface area (Å²) in [6, 6.07) is 6.12. The topological polar surface area (TPSA) is 72.5 Å². The molecule has 0 spiro atoms. The van der Waals surface area contributed by atoms with Crippen molar-refractivity contribution in [2.45, 2.75) is 31.7 Å². The fourth-order valence-electron chi connectivity index (χ4n) is 3.50. The lowest BCUT2D eigenvalue weighted by Gasteiger charge is -2.36. The van der Waals surface area contributed by atoms with Crippen molar-refractivity contribution >= 4 is 15.7 Å². The van der Waals surface area contributed by atoms with Crippen LogP contribution in [-0.4, -0.2) is 45.1 Å². The van der Waals surface area contributed by atoms with E-state index in [1.807, 2.05) is 0 Å². The van der Waals surface area contributed by atoms with E-state index in [1.54, 1.807) is 18.2 Å². The van der Waals surface area contributed by atoms with Crippen LogP contribution in [0, 0.1) is 11.2 Å².